The van der Waals surface area contributed by atoms with E-state index in [1.54, 1.807) is 31.5 Å². The number of methoxy groups -OCH3 is 2. The summed E-state index contributed by atoms with van der Waals surface area (Å²) in [4.78, 5) is 23.6. The third-order valence-corrected chi connectivity index (χ3v) is 4.42. The van der Waals surface area contributed by atoms with Gasteiger partial charge in [-0.1, -0.05) is 28.4 Å². The van der Waals surface area contributed by atoms with Crippen molar-refractivity contribution in [1.82, 2.24) is 20.1 Å². The van der Waals surface area contributed by atoms with Crippen LogP contribution in [0.4, 0.5) is 5.69 Å². The molecule has 1 aromatic carbocycles. The summed E-state index contributed by atoms with van der Waals surface area (Å²) >= 11 is 12.0. The zero-order valence-corrected chi connectivity index (χ0v) is 16.8. The van der Waals surface area contributed by atoms with Gasteiger partial charge in [0.1, 0.15) is 6.04 Å². The van der Waals surface area contributed by atoms with E-state index < -0.39 is 12.0 Å². The number of anilines is 1. The number of carbonyl (C=O) groups excluding carboxylic acids is 1. The fraction of sp³-hybridized carbons (Fsp3) is 0.438. The molecule has 0 spiro atoms. The van der Waals surface area contributed by atoms with Gasteiger partial charge in [0.15, 0.2) is 18.6 Å². The fourth-order valence-corrected chi connectivity index (χ4v) is 2.94. The predicted octanol–water partition coefficient (Wildman–Crippen LogP) is 2.05. The second-order valence-electron chi connectivity index (χ2n) is 5.75. The SMILES string of the molecule is COCCC(C(=O)OC)N1CON(c2cc(Cl)ccc2-n2cc(Cl)nn2)CO1. The average molecular weight is 432 g/mol. The summed E-state index contributed by atoms with van der Waals surface area (Å²) in [6.45, 7) is 0.374. The van der Waals surface area contributed by atoms with Crippen molar-refractivity contribution < 1.29 is 23.9 Å². The molecule has 1 aromatic heterocycles. The zero-order chi connectivity index (χ0) is 20.1. The molecule has 0 N–H and O–H groups in total. The summed E-state index contributed by atoms with van der Waals surface area (Å²) < 4.78 is 11.4. The Bertz CT molecular complexity index is 812. The normalized spacial score (nSPS) is 16.2. The van der Waals surface area contributed by atoms with Gasteiger partial charge in [-0.25, -0.2) is 9.75 Å². The summed E-state index contributed by atoms with van der Waals surface area (Å²) in [5.74, 6) is -0.435. The quantitative estimate of drug-likeness (QED) is 0.610. The van der Waals surface area contributed by atoms with E-state index in [0.717, 1.165) is 0 Å². The molecule has 0 saturated carbocycles. The molecular weight excluding hydrogens is 413 g/mol. The minimum atomic E-state index is -0.653. The number of aromatic nitrogens is 3. The summed E-state index contributed by atoms with van der Waals surface area (Å²) in [6.07, 6.45) is 1.95. The Balaban J connectivity index is 1.76. The van der Waals surface area contributed by atoms with Crippen molar-refractivity contribution in [2.24, 2.45) is 0 Å². The highest BCUT2D eigenvalue weighted by Crippen LogP contribution is 2.30. The molecule has 0 amide bonds. The van der Waals surface area contributed by atoms with Crippen LogP contribution in [0.15, 0.2) is 24.4 Å². The number of hydroxylamine groups is 3. The third-order valence-electron chi connectivity index (χ3n) is 4.02. The highest BCUT2D eigenvalue weighted by Gasteiger charge is 2.32. The maximum absolute atomic E-state index is 12.0. The number of carbonyl (C=O) groups is 1. The van der Waals surface area contributed by atoms with E-state index in [-0.39, 0.29) is 18.6 Å². The molecule has 28 heavy (non-hydrogen) atoms. The molecule has 1 aliphatic rings. The monoisotopic (exact) mass is 431 g/mol. The Labute approximate surface area is 171 Å². The third kappa shape index (κ3) is 4.72. The molecule has 1 aliphatic heterocycles. The first-order chi connectivity index (χ1) is 13.5. The maximum atomic E-state index is 12.0. The van der Waals surface area contributed by atoms with Crippen molar-refractivity contribution in [1.29, 1.82) is 0 Å². The van der Waals surface area contributed by atoms with Crippen LogP contribution in [0.25, 0.3) is 5.69 Å². The van der Waals surface area contributed by atoms with Gasteiger partial charge in [-0.15, -0.1) is 10.2 Å². The van der Waals surface area contributed by atoms with Crippen LogP contribution < -0.4 is 5.06 Å². The van der Waals surface area contributed by atoms with Gasteiger partial charge in [0, 0.05) is 18.7 Å². The van der Waals surface area contributed by atoms with Gasteiger partial charge in [-0.2, -0.15) is 0 Å². The lowest BCUT2D eigenvalue weighted by Gasteiger charge is -2.37. The van der Waals surface area contributed by atoms with Crippen molar-refractivity contribution in [2.75, 3.05) is 39.4 Å². The first kappa shape index (κ1) is 20.8. The standard InChI is InChI=1S/C16H19Cl2N5O5/c1-25-6-5-13(16(24)26-2)22-9-28-23(10-27-22)14-7-11(17)3-4-12(14)21-8-15(18)19-20-21/h3-4,7-8,13H,5-6,9-10H2,1-2H3. The lowest BCUT2D eigenvalue weighted by atomic mass is 10.2. The molecule has 0 radical (unpaired) electrons. The molecule has 10 nitrogen and oxygen atoms in total. The van der Waals surface area contributed by atoms with Crippen molar-refractivity contribution in [2.45, 2.75) is 12.5 Å². The van der Waals surface area contributed by atoms with E-state index in [0.29, 0.717) is 29.4 Å². The number of nitrogens with zero attached hydrogens (tertiary/aromatic N) is 5. The highest BCUT2D eigenvalue weighted by molar-refractivity contribution is 6.31. The molecule has 2 aromatic rings. The lowest BCUT2D eigenvalue weighted by molar-refractivity contribution is -0.284. The van der Waals surface area contributed by atoms with Crippen LogP contribution in [0.1, 0.15) is 6.42 Å². The summed E-state index contributed by atoms with van der Waals surface area (Å²) in [5.41, 5.74) is 1.24. The minimum Gasteiger partial charge on any atom is -0.468 e. The van der Waals surface area contributed by atoms with Crippen molar-refractivity contribution in [3.63, 3.8) is 0 Å². The van der Waals surface area contributed by atoms with Crippen LogP contribution in [0.5, 0.6) is 0 Å². The Morgan fingerprint density at radius 2 is 2.07 bits per heavy atom. The molecule has 152 valence electrons. The van der Waals surface area contributed by atoms with E-state index in [4.69, 9.17) is 42.4 Å². The molecule has 1 fully saturated rings. The lowest BCUT2D eigenvalue weighted by Crippen LogP contribution is -2.51. The molecule has 0 bridgehead atoms. The molecule has 12 heteroatoms. The predicted molar refractivity (Wildman–Crippen MR) is 99.9 cm³/mol. The van der Waals surface area contributed by atoms with Gasteiger partial charge in [0.05, 0.1) is 24.7 Å². The zero-order valence-electron chi connectivity index (χ0n) is 15.2. The van der Waals surface area contributed by atoms with Crippen LogP contribution in [0.3, 0.4) is 0 Å². The fourth-order valence-electron chi connectivity index (χ4n) is 2.64. The first-order valence-corrected chi connectivity index (χ1v) is 9.03. The van der Waals surface area contributed by atoms with Crippen LogP contribution in [-0.2, 0) is 23.9 Å². The summed E-state index contributed by atoms with van der Waals surface area (Å²) in [6, 6.07) is 4.52. The van der Waals surface area contributed by atoms with E-state index in [2.05, 4.69) is 10.3 Å². The molecule has 0 aliphatic carbocycles. The first-order valence-electron chi connectivity index (χ1n) is 8.28. The smallest absolute Gasteiger partial charge is 0.325 e. The second kappa shape index (κ2) is 9.50. The molecule has 2 heterocycles. The van der Waals surface area contributed by atoms with E-state index in [9.17, 15) is 4.79 Å². The van der Waals surface area contributed by atoms with E-state index >= 15 is 0 Å². The van der Waals surface area contributed by atoms with Gasteiger partial charge in [-0.3, -0.25) is 14.5 Å². The van der Waals surface area contributed by atoms with Crippen molar-refractivity contribution in [3.8, 4) is 5.69 Å². The Morgan fingerprint density at radius 1 is 1.25 bits per heavy atom. The highest BCUT2D eigenvalue weighted by atomic mass is 35.5. The average Bonchev–Trinajstić information content (AvgIpc) is 3.14. The van der Waals surface area contributed by atoms with Crippen LogP contribution >= 0.6 is 23.2 Å². The number of ether oxygens (including phenoxy) is 2. The number of rotatable bonds is 7. The maximum Gasteiger partial charge on any atom is 0.325 e. The number of esters is 1. The van der Waals surface area contributed by atoms with Gasteiger partial charge in [-0.05, 0) is 24.6 Å². The van der Waals surface area contributed by atoms with Gasteiger partial charge in [0.25, 0.3) is 0 Å². The molecular formula is C16H19Cl2N5O5. The van der Waals surface area contributed by atoms with Crippen LogP contribution in [0.2, 0.25) is 10.2 Å². The van der Waals surface area contributed by atoms with Crippen molar-refractivity contribution in [3.05, 3.63) is 34.6 Å². The van der Waals surface area contributed by atoms with Crippen LogP contribution in [-0.4, -0.2) is 66.4 Å². The van der Waals surface area contributed by atoms with Gasteiger partial charge in [0.2, 0.25) is 0 Å². The summed E-state index contributed by atoms with van der Waals surface area (Å²) in [5, 5.41) is 11.4. The number of benzene rings is 1. The molecule has 1 atom stereocenters. The molecule has 3 rings (SSSR count). The topological polar surface area (TPSA) is 91.2 Å². The minimum absolute atomic E-state index is 0.00640. The van der Waals surface area contributed by atoms with E-state index in [1.165, 1.54) is 21.9 Å². The Morgan fingerprint density at radius 3 is 2.68 bits per heavy atom. The Kier molecular flexibility index (Phi) is 7.05. The Hall–Kier alpha value is -1.95. The van der Waals surface area contributed by atoms with E-state index in [1.807, 2.05) is 0 Å². The number of halogens is 2. The van der Waals surface area contributed by atoms with Crippen LogP contribution in [0, 0.1) is 0 Å². The van der Waals surface area contributed by atoms with Gasteiger partial charge < -0.3 is 9.47 Å². The number of hydrogen-bond donors (Lipinski definition) is 0. The largest absolute Gasteiger partial charge is 0.468 e. The van der Waals surface area contributed by atoms with Crippen molar-refractivity contribution >= 4 is 34.9 Å². The number of hydrogen-bond acceptors (Lipinski definition) is 9. The molecule has 1 unspecified atom stereocenters. The summed E-state index contributed by atoms with van der Waals surface area (Å²) in [7, 11) is 2.88. The van der Waals surface area contributed by atoms with Gasteiger partial charge >= 0.3 is 5.97 Å². The second-order valence-corrected chi connectivity index (χ2v) is 6.57. The molecule has 1 saturated heterocycles.